The van der Waals surface area contributed by atoms with Crippen LogP contribution in [0.15, 0.2) is 18.2 Å². The van der Waals surface area contributed by atoms with Crippen LogP contribution in [0.2, 0.25) is 0 Å². The van der Waals surface area contributed by atoms with Crippen molar-refractivity contribution in [3.63, 3.8) is 0 Å². The van der Waals surface area contributed by atoms with Crippen LogP contribution in [-0.2, 0) is 9.84 Å². The average molecular weight is 268 g/mol. The number of nitriles is 1. The maximum absolute atomic E-state index is 13.1. The van der Waals surface area contributed by atoms with E-state index in [9.17, 15) is 12.8 Å². The van der Waals surface area contributed by atoms with Crippen molar-refractivity contribution >= 4 is 15.5 Å². The summed E-state index contributed by atoms with van der Waals surface area (Å²) >= 11 is 0. The van der Waals surface area contributed by atoms with Gasteiger partial charge in [-0.3, -0.25) is 0 Å². The Kier molecular flexibility index (Phi) is 3.53. The summed E-state index contributed by atoms with van der Waals surface area (Å²) in [5.41, 5.74) is 0.536. The van der Waals surface area contributed by atoms with E-state index in [1.165, 1.54) is 18.2 Å². The molecule has 0 amide bonds. The lowest BCUT2D eigenvalue weighted by Gasteiger charge is -2.24. The van der Waals surface area contributed by atoms with Gasteiger partial charge in [0.2, 0.25) is 0 Å². The molecule has 0 radical (unpaired) electrons. The first kappa shape index (κ1) is 12.8. The Labute approximate surface area is 105 Å². The van der Waals surface area contributed by atoms with Gasteiger partial charge in [-0.15, -0.1) is 0 Å². The Balaban J connectivity index is 2.13. The summed E-state index contributed by atoms with van der Waals surface area (Å²) in [6.45, 7) is 0. The van der Waals surface area contributed by atoms with Crippen LogP contribution >= 0.6 is 0 Å². The number of hydrogen-bond acceptors (Lipinski definition) is 4. The molecule has 0 aromatic heterocycles. The summed E-state index contributed by atoms with van der Waals surface area (Å²) in [4.78, 5) is 0. The fraction of sp³-hybridized carbons (Fsp3) is 0.417. The molecule has 4 nitrogen and oxygen atoms in total. The number of nitrogens with zero attached hydrogens (tertiary/aromatic N) is 1. The maximum atomic E-state index is 13.1. The predicted octanol–water partition coefficient (Wildman–Crippen LogP) is 1.69. The highest BCUT2D eigenvalue weighted by molar-refractivity contribution is 7.91. The van der Waals surface area contributed by atoms with Crippen LogP contribution in [0.25, 0.3) is 0 Å². The van der Waals surface area contributed by atoms with Crippen molar-refractivity contribution in [2.24, 2.45) is 0 Å². The summed E-state index contributed by atoms with van der Waals surface area (Å²) in [5.74, 6) is -0.246. The van der Waals surface area contributed by atoms with Crippen LogP contribution < -0.4 is 5.32 Å². The van der Waals surface area contributed by atoms with Crippen LogP contribution in [0.5, 0.6) is 0 Å². The minimum atomic E-state index is -2.98. The average Bonchev–Trinajstić information content (AvgIpc) is 2.30. The first-order valence-electron chi connectivity index (χ1n) is 5.67. The maximum Gasteiger partial charge on any atom is 0.152 e. The molecule has 0 saturated carbocycles. The van der Waals surface area contributed by atoms with Crippen molar-refractivity contribution in [2.75, 3.05) is 16.8 Å². The van der Waals surface area contributed by atoms with Gasteiger partial charge in [0.15, 0.2) is 9.84 Å². The van der Waals surface area contributed by atoms with Gasteiger partial charge in [-0.05, 0) is 31.0 Å². The van der Waals surface area contributed by atoms with Gasteiger partial charge in [0.25, 0.3) is 0 Å². The predicted molar refractivity (Wildman–Crippen MR) is 66.4 cm³/mol. The van der Waals surface area contributed by atoms with Crippen molar-refractivity contribution in [1.82, 2.24) is 0 Å². The largest absolute Gasteiger partial charge is 0.381 e. The van der Waals surface area contributed by atoms with Crippen LogP contribution in [0.3, 0.4) is 0 Å². The molecule has 1 fully saturated rings. The van der Waals surface area contributed by atoms with Crippen molar-refractivity contribution in [3.05, 3.63) is 29.6 Å². The highest BCUT2D eigenvalue weighted by Crippen LogP contribution is 2.19. The Morgan fingerprint density at radius 2 is 2.22 bits per heavy atom. The first-order chi connectivity index (χ1) is 8.50. The van der Waals surface area contributed by atoms with Crippen molar-refractivity contribution in [2.45, 2.75) is 18.9 Å². The van der Waals surface area contributed by atoms with E-state index < -0.39 is 15.7 Å². The van der Waals surface area contributed by atoms with Gasteiger partial charge >= 0.3 is 0 Å². The summed E-state index contributed by atoms with van der Waals surface area (Å²) in [6, 6.07) is 5.71. The van der Waals surface area contributed by atoms with E-state index in [0.717, 1.165) is 6.42 Å². The second kappa shape index (κ2) is 4.94. The van der Waals surface area contributed by atoms with Crippen molar-refractivity contribution in [3.8, 4) is 6.07 Å². The topological polar surface area (TPSA) is 70.0 Å². The number of halogens is 1. The van der Waals surface area contributed by atoms with Gasteiger partial charge in [-0.1, -0.05) is 0 Å². The van der Waals surface area contributed by atoms with Gasteiger partial charge in [-0.25, -0.2) is 12.8 Å². The molecule has 1 aromatic carbocycles. The Morgan fingerprint density at radius 3 is 2.89 bits per heavy atom. The highest BCUT2D eigenvalue weighted by Gasteiger charge is 2.24. The quantitative estimate of drug-likeness (QED) is 0.886. The summed E-state index contributed by atoms with van der Waals surface area (Å²) < 4.78 is 36.1. The van der Waals surface area contributed by atoms with E-state index in [4.69, 9.17) is 5.26 Å². The molecule has 96 valence electrons. The molecule has 0 spiro atoms. The summed E-state index contributed by atoms with van der Waals surface area (Å²) in [7, 11) is -2.98. The van der Waals surface area contributed by atoms with E-state index in [1.54, 1.807) is 6.07 Å². The zero-order valence-corrected chi connectivity index (χ0v) is 10.5. The Hall–Kier alpha value is -1.61. The van der Waals surface area contributed by atoms with E-state index in [0.29, 0.717) is 12.1 Å². The Morgan fingerprint density at radius 1 is 1.44 bits per heavy atom. The molecule has 0 bridgehead atoms. The van der Waals surface area contributed by atoms with Gasteiger partial charge in [0.1, 0.15) is 11.9 Å². The molecule has 1 unspecified atom stereocenters. The third-order valence-corrected chi connectivity index (χ3v) is 4.74. The van der Waals surface area contributed by atoms with Crippen molar-refractivity contribution < 1.29 is 12.8 Å². The molecule has 1 heterocycles. The summed E-state index contributed by atoms with van der Waals surface area (Å²) in [6.07, 6.45) is 1.39. The molecule has 1 saturated heterocycles. The Bertz CT molecular complexity index is 593. The molecule has 1 N–H and O–H groups in total. The molecular formula is C12H13FN2O2S. The molecule has 2 rings (SSSR count). The SMILES string of the molecule is N#Cc1cc(NC2CCCS(=O)(=O)C2)ccc1F. The van der Waals surface area contributed by atoms with E-state index in [-0.39, 0.29) is 23.1 Å². The second-order valence-corrected chi connectivity index (χ2v) is 6.63. The van der Waals surface area contributed by atoms with Gasteiger partial charge in [0.05, 0.1) is 17.1 Å². The monoisotopic (exact) mass is 268 g/mol. The zero-order valence-electron chi connectivity index (χ0n) is 9.69. The molecule has 1 aliphatic heterocycles. The van der Waals surface area contributed by atoms with Gasteiger partial charge in [0, 0.05) is 11.7 Å². The molecule has 6 heteroatoms. The zero-order chi connectivity index (χ0) is 13.2. The smallest absolute Gasteiger partial charge is 0.152 e. The van der Waals surface area contributed by atoms with Crippen LogP contribution in [0.1, 0.15) is 18.4 Å². The minimum absolute atomic E-state index is 0.0429. The summed E-state index contributed by atoms with van der Waals surface area (Å²) in [5, 5.41) is 11.8. The number of hydrogen-bond donors (Lipinski definition) is 1. The molecular weight excluding hydrogens is 255 g/mol. The highest BCUT2D eigenvalue weighted by atomic mass is 32.2. The molecule has 18 heavy (non-hydrogen) atoms. The lowest BCUT2D eigenvalue weighted by molar-refractivity contribution is 0.562. The lowest BCUT2D eigenvalue weighted by atomic mass is 10.1. The van der Waals surface area contributed by atoms with Gasteiger partial charge < -0.3 is 5.32 Å². The molecule has 0 aliphatic carbocycles. The standard InChI is InChI=1S/C12H13FN2O2S/c13-12-4-3-10(6-9(12)7-14)15-11-2-1-5-18(16,17)8-11/h3-4,6,11,15H,1-2,5,8H2. The minimum Gasteiger partial charge on any atom is -0.381 e. The second-order valence-electron chi connectivity index (χ2n) is 4.40. The first-order valence-corrected chi connectivity index (χ1v) is 7.49. The number of rotatable bonds is 2. The fourth-order valence-corrected chi connectivity index (χ4v) is 3.71. The number of nitrogens with one attached hydrogen (secondary N) is 1. The normalized spacial score (nSPS) is 22.1. The number of anilines is 1. The third-order valence-electron chi connectivity index (χ3n) is 2.92. The van der Waals surface area contributed by atoms with E-state index in [1.807, 2.05) is 0 Å². The number of benzene rings is 1. The fourth-order valence-electron chi connectivity index (χ4n) is 2.07. The van der Waals surface area contributed by atoms with E-state index >= 15 is 0 Å². The van der Waals surface area contributed by atoms with Crippen LogP contribution in [-0.4, -0.2) is 26.0 Å². The van der Waals surface area contributed by atoms with Crippen LogP contribution in [0, 0.1) is 17.1 Å². The lowest BCUT2D eigenvalue weighted by Crippen LogP contribution is -2.34. The van der Waals surface area contributed by atoms with Gasteiger partial charge in [-0.2, -0.15) is 5.26 Å². The van der Waals surface area contributed by atoms with Crippen molar-refractivity contribution in [1.29, 1.82) is 5.26 Å². The molecule has 1 atom stereocenters. The third kappa shape index (κ3) is 2.99. The van der Waals surface area contributed by atoms with Crippen LogP contribution in [0.4, 0.5) is 10.1 Å². The molecule has 1 aromatic rings. The molecule has 1 aliphatic rings. The van der Waals surface area contributed by atoms with E-state index in [2.05, 4.69) is 5.32 Å². The number of sulfone groups is 1.